The van der Waals surface area contributed by atoms with Crippen LogP contribution in [0.3, 0.4) is 0 Å². The zero-order valence-electron chi connectivity index (χ0n) is 15.6. The summed E-state index contributed by atoms with van der Waals surface area (Å²) in [4.78, 5) is 13.1. The van der Waals surface area contributed by atoms with E-state index in [2.05, 4.69) is 16.3 Å². The number of rotatable bonds is 6. The zero-order valence-corrected chi connectivity index (χ0v) is 15.6. The lowest BCUT2D eigenvalue weighted by molar-refractivity contribution is 0.0908. The summed E-state index contributed by atoms with van der Waals surface area (Å²) >= 11 is 0. The third kappa shape index (κ3) is 3.78. The Morgan fingerprint density at radius 1 is 1.07 bits per heavy atom. The summed E-state index contributed by atoms with van der Waals surface area (Å²) in [6.45, 7) is 3.96. The summed E-state index contributed by atoms with van der Waals surface area (Å²) in [6.07, 6.45) is 7.04. The summed E-state index contributed by atoms with van der Waals surface area (Å²) in [5, 5.41) is 7.72. The fourth-order valence-corrected chi connectivity index (χ4v) is 3.01. The third-order valence-corrected chi connectivity index (χ3v) is 4.85. The highest BCUT2D eigenvalue weighted by Gasteiger charge is 2.28. The predicted octanol–water partition coefficient (Wildman–Crippen LogP) is 4.46. The summed E-state index contributed by atoms with van der Waals surface area (Å²) in [5.41, 5.74) is 2.32. The molecule has 0 aliphatic rings. The molecule has 1 amide bonds. The molecule has 3 aromatic rings. The van der Waals surface area contributed by atoms with E-state index in [-0.39, 0.29) is 5.91 Å². The molecular formula is C23H23N3O. The van der Waals surface area contributed by atoms with E-state index >= 15 is 0 Å². The number of aromatic nitrogens is 2. The van der Waals surface area contributed by atoms with Crippen molar-refractivity contribution in [3.63, 3.8) is 0 Å². The van der Waals surface area contributed by atoms with E-state index in [0.29, 0.717) is 18.5 Å². The Morgan fingerprint density at radius 2 is 1.67 bits per heavy atom. The largest absolute Gasteiger partial charge is 0.334 e. The minimum Gasteiger partial charge on any atom is -0.334 e. The van der Waals surface area contributed by atoms with Crippen molar-refractivity contribution in [2.24, 2.45) is 0 Å². The van der Waals surface area contributed by atoms with Crippen LogP contribution in [-0.2, 0) is 0 Å². The molecule has 0 atom stereocenters. The highest BCUT2D eigenvalue weighted by molar-refractivity contribution is 5.95. The quantitative estimate of drug-likeness (QED) is 0.662. The molecule has 3 rings (SSSR count). The van der Waals surface area contributed by atoms with Gasteiger partial charge in [0.2, 0.25) is 0 Å². The lowest BCUT2D eigenvalue weighted by Gasteiger charge is -2.27. The highest BCUT2D eigenvalue weighted by atomic mass is 16.2. The Hall–Kier alpha value is -3.32. The Balaban J connectivity index is 2.07. The summed E-state index contributed by atoms with van der Waals surface area (Å²) in [5.74, 6) is 2.53. The first-order valence-corrected chi connectivity index (χ1v) is 9.13. The van der Waals surface area contributed by atoms with Gasteiger partial charge in [0.15, 0.2) is 0 Å². The number of para-hydroxylation sites is 1. The maximum absolute atomic E-state index is 13.1. The lowest BCUT2D eigenvalue weighted by atomic mass is 9.93. The second-order valence-electron chi connectivity index (χ2n) is 6.42. The number of nitrogens with one attached hydrogen (secondary N) is 1. The van der Waals surface area contributed by atoms with E-state index in [0.717, 1.165) is 16.9 Å². The van der Waals surface area contributed by atoms with Gasteiger partial charge < -0.3 is 5.32 Å². The van der Waals surface area contributed by atoms with Gasteiger partial charge in [-0.3, -0.25) is 4.79 Å². The van der Waals surface area contributed by atoms with Crippen molar-refractivity contribution < 1.29 is 4.79 Å². The molecule has 1 N–H and O–H groups in total. The Kier molecular flexibility index (Phi) is 5.42. The second kappa shape index (κ2) is 7.92. The van der Waals surface area contributed by atoms with E-state index in [1.165, 1.54) is 0 Å². The lowest BCUT2D eigenvalue weighted by Crippen LogP contribution is -2.46. The molecule has 0 radical (unpaired) electrons. The van der Waals surface area contributed by atoms with E-state index in [1.54, 1.807) is 4.68 Å². The van der Waals surface area contributed by atoms with Gasteiger partial charge in [-0.05, 0) is 31.0 Å². The van der Waals surface area contributed by atoms with Crippen LogP contribution in [0.4, 0.5) is 0 Å². The van der Waals surface area contributed by atoms with Gasteiger partial charge >= 0.3 is 0 Å². The van der Waals surface area contributed by atoms with Crippen molar-refractivity contribution in [1.82, 2.24) is 15.1 Å². The van der Waals surface area contributed by atoms with Gasteiger partial charge in [-0.2, -0.15) is 5.10 Å². The SMILES string of the molecule is C#CC(CC)(CC)NC(=O)c1cc(-c2ccccc2)nn1-c1ccccc1. The molecule has 0 aliphatic heterocycles. The van der Waals surface area contributed by atoms with Gasteiger partial charge in [0.25, 0.3) is 5.91 Å². The molecule has 27 heavy (non-hydrogen) atoms. The summed E-state index contributed by atoms with van der Waals surface area (Å²) < 4.78 is 1.67. The van der Waals surface area contributed by atoms with Gasteiger partial charge in [0.05, 0.1) is 11.4 Å². The minimum absolute atomic E-state index is 0.227. The van der Waals surface area contributed by atoms with E-state index in [4.69, 9.17) is 6.42 Å². The molecule has 4 nitrogen and oxygen atoms in total. The first-order valence-electron chi connectivity index (χ1n) is 9.13. The maximum atomic E-state index is 13.1. The number of nitrogens with zero attached hydrogens (tertiary/aromatic N) is 2. The smallest absolute Gasteiger partial charge is 0.271 e. The van der Waals surface area contributed by atoms with Crippen LogP contribution >= 0.6 is 0 Å². The molecule has 1 heterocycles. The van der Waals surface area contributed by atoms with Crippen LogP contribution in [0.25, 0.3) is 16.9 Å². The number of carbonyl (C=O) groups is 1. The molecule has 0 spiro atoms. The van der Waals surface area contributed by atoms with Gasteiger partial charge in [-0.25, -0.2) is 4.68 Å². The number of terminal acetylenes is 1. The maximum Gasteiger partial charge on any atom is 0.271 e. The average Bonchev–Trinajstić information content (AvgIpc) is 3.19. The molecule has 0 saturated carbocycles. The van der Waals surface area contributed by atoms with Crippen molar-refractivity contribution in [2.75, 3.05) is 0 Å². The molecule has 2 aromatic carbocycles. The Bertz CT molecular complexity index is 948. The normalized spacial score (nSPS) is 11.0. The molecule has 0 fully saturated rings. The fourth-order valence-electron chi connectivity index (χ4n) is 3.01. The molecule has 0 aliphatic carbocycles. The Labute approximate surface area is 160 Å². The first kappa shape index (κ1) is 18.5. The van der Waals surface area contributed by atoms with Crippen LogP contribution in [0.5, 0.6) is 0 Å². The topological polar surface area (TPSA) is 46.9 Å². The van der Waals surface area contributed by atoms with Crippen LogP contribution in [0.2, 0.25) is 0 Å². The van der Waals surface area contributed by atoms with Gasteiger partial charge in [0, 0.05) is 5.56 Å². The molecule has 0 unspecified atom stereocenters. The van der Waals surface area contributed by atoms with Crippen LogP contribution in [0.1, 0.15) is 37.2 Å². The molecule has 0 saturated heterocycles. The van der Waals surface area contributed by atoms with Gasteiger partial charge in [-0.1, -0.05) is 68.3 Å². The van der Waals surface area contributed by atoms with E-state index < -0.39 is 5.54 Å². The van der Waals surface area contributed by atoms with Gasteiger partial charge in [0.1, 0.15) is 11.2 Å². The molecular weight excluding hydrogens is 334 g/mol. The van der Waals surface area contributed by atoms with Crippen molar-refractivity contribution in [3.8, 4) is 29.3 Å². The summed E-state index contributed by atoms with van der Waals surface area (Å²) in [6, 6.07) is 21.2. The number of hydrogen-bond acceptors (Lipinski definition) is 2. The number of hydrogen-bond donors (Lipinski definition) is 1. The third-order valence-electron chi connectivity index (χ3n) is 4.85. The van der Waals surface area contributed by atoms with Crippen LogP contribution in [0, 0.1) is 12.3 Å². The Morgan fingerprint density at radius 3 is 2.22 bits per heavy atom. The first-order chi connectivity index (χ1) is 13.1. The monoisotopic (exact) mass is 357 g/mol. The zero-order chi connectivity index (χ0) is 19.3. The average molecular weight is 357 g/mol. The van der Waals surface area contributed by atoms with E-state index in [9.17, 15) is 4.79 Å². The molecule has 0 bridgehead atoms. The summed E-state index contributed by atoms with van der Waals surface area (Å²) in [7, 11) is 0. The van der Waals surface area contributed by atoms with Crippen molar-refractivity contribution in [3.05, 3.63) is 72.4 Å². The highest BCUT2D eigenvalue weighted by Crippen LogP contribution is 2.23. The minimum atomic E-state index is -0.657. The molecule has 136 valence electrons. The van der Waals surface area contributed by atoms with Crippen LogP contribution < -0.4 is 5.32 Å². The van der Waals surface area contributed by atoms with Gasteiger partial charge in [-0.15, -0.1) is 6.42 Å². The number of benzene rings is 2. The molecule has 4 heteroatoms. The standard InChI is InChI=1S/C23H23N3O/c1-4-23(5-2,6-3)24-22(27)21-17-20(18-13-9-7-10-14-18)25-26(21)19-15-11-8-12-16-19/h1,7-17H,5-6H2,2-3H3,(H,24,27). The van der Waals surface area contributed by atoms with E-state index in [1.807, 2.05) is 80.6 Å². The predicted molar refractivity (Wildman–Crippen MR) is 109 cm³/mol. The van der Waals surface area contributed by atoms with Crippen molar-refractivity contribution >= 4 is 5.91 Å². The van der Waals surface area contributed by atoms with Crippen LogP contribution in [-0.4, -0.2) is 21.2 Å². The fraction of sp³-hybridized carbons (Fsp3) is 0.217. The molecule has 1 aromatic heterocycles. The second-order valence-corrected chi connectivity index (χ2v) is 6.42. The van der Waals surface area contributed by atoms with Crippen molar-refractivity contribution in [2.45, 2.75) is 32.2 Å². The number of amides is 1. The number of carbonyl (C=O) groups excluding carboxylic acids is 1. The van der Waals surface area contributed by atoms with Crippen molar-refractivity contribution in [1.29, 1.82) is 0 Å². The van der Waals surface area contributed by atoms with Crippen LogP contribution in [0.15, 0.2) is 66.7 Å².